The van der Waals surface area contributed by atoms with Gasteiger partial charge in [-0.25, -0.2) is 0 Å². The number of rotatable bonds is 4. The number of ether oxygens (including phenoxy) is 1. The molecule has 2 rings (SSSR count). The summed E-state index contributed by atoms with van der Waals surface area (Å²) >= 11 is 0. The summed E-state index contributed by atoms with van der Waals surface area (Å²) in [7, 11) is 0. The predicted molar refractivity (Wildman–Crippen MR) is 86.0 cm³/mol. The van der Waals surface area contributed by atoms with E-state index in [0.29, 0.717) is 11.5 Å². The van der Waals surface area contributed by atoms with Crippen LogP contribution in [0.3, 0.4) is 0 Å². The van der Waals surface area contributed by atoms with Gasteiger partial charge in [0.1, 0.15) is 0 Å². The van der Waals surface area contributed by atoms with Gasteiger partial charge in [-0.15, -0.1) is 0 Å². The van der Waals surface area contributed by atoms with Gasteiger partial charge in [-0.05, 0) is 65.3 Å². The molecule has 118 valence electrons. The number of likely N-dealkylation sites (tertiary alicyclic amines) is 1. The zero-order chi connectivity index (χ0) is 15.2. The van der Waals surface area contributed by atoms with Crippen molar-refractivity contribution in [2.24, 2.45) is 10.8 Å². The third kappa shape index (κ3) is 3.76. The Balaban J connectivity index is 2.11. The number of hydrogen-bond donors (Lipinski definition) is 0. The zero-order valence-electron chi connectivity index (χ0n) is 14.8. The second-order valence-electron chi connectivity index (χ2n) is 9.30. The molecule has 0 spiro atoms. The normalized spacial score (nSPS) is 28.6. The van der Waals surface area contributed by atoms with E-state index in [1.54, 1.807) is 0 Å². The molecule has 20 heavy (non-hydrogen) atoms. The highest BCUT2D eigenvalue weighted by atomic mass is 16.5. The molecule has 0 radical (unpaired) electrons. The molecule has 1 aliphatic carbocycles. The molecule has 1 saturated carbocycles. The van der Waals surface area contributed by atoms with Gasteiger partial charge in [0, 0.05) is 18.0 Å². The molecular formula is C18H35NO. The van der Waals surface area contributed by atoms with Gasteiger partial charge >= 0.3 is 0 Å². The lowest BCUT2D eigenvalue weighted by molar-refractivity contribution is -0.142. The van der Waals surface area contributed by atoms with Crippen LogP contribution in [0.25, 0.3) is 0 Å². The molecule has 1 saturated heterocycles. The summed E-state index contributed by atoms with van der Waals surface area (Å²) < 4.78 is 6.55. The van der Waals surface area contributed by atoms with Gasteiger partial charge in [0.2, 0.25) is 0 Å². The maximum absolute atomic E-state index is 6.55. The minimum atomic E-state index is -0.0514. The SMILES string of the molecule is C[C@@H]1CCCN1CC1(C(OC(C)(C)C)C(C)(C)C)CC1. The van der Waals surface area contributed by atoms with Gasteiger partial charge in [0.15, 0.2) is 0 Å². The number of hydrogen-bond acceptors (Lipinski definition) is 2. The Morgan fingerprint density at radius 1 is 1.15 bits per heavy atom. The fourth-order valence-corrected chi connectivity index (χ4v) is 3.87. The predicted octanol–water partition coefficient (Wildman–Crippen LogP) is 4.48. The van der Waals surface area contributed by atoms with Gasteiger partial charge < -0.3 is 9.64 Å². The van der Waals surface area contributed by atoms with E-state index < -0.39 is 0 Å². The smallest absolute Gasteiger partial charge is 0.0698 e. The highest BCUT2D eigenvalue weighted by Gasteiger charge is 2.56. The van der Waals surface area contributed by atoms with Crippen LogP contribution < -0.4 is 0 Å². The molecule has 2 nitrogen and oxygen atoms in total. The topological polar surface area (TPSA) is 12.5 Å². The first-order chi connectivity index (χ1) is 9.04. The van der Waals surface area contributed by atoms with E-state index in [1.807, 2.05) is 0 Å². The monoisotopic (exact) mass is 281 g/mol. The van der Waals surface area contributed by atoms with Crippen molar-refractivity contribution < 1.29 is 4.74 Å². The summed E-state index contributed by atoms with van der Waals surface area (Å²) in [6.07, 6.45) is 5.79. The molecule has 0 aromatic carbocycles. The van der Waals surface area contributed by atoms with Crippen LogP contribution in [-0.2, 0) is 4.74 Å². The summed E-state index contributed by atoms with van der Waals surface area (Å²) in [5.41, 5.74) is 0.570. The molecule has 2 fully saturated rings. The van der Waals surface area contributed by atoms with Gasteiger partial charge in [0.05, 0.1) is 11.7 Å². The zero-order valence-corrected chi connectivity index (χ0v) is 14.8. The van der Waals surface area contributed by atoms with Crippen molar-refractivity contribution in [1.29, 1.82) is 0 Å². The lowest BCUT2D eigenvalue weighted by atomic mass is 9.78. The average molecular weight is 281 g/mol. The van der Waals surface area contributed by atoms with Gasteiger partial charge in [0.25, 0.3) is 0 Å². The molecule has 1 heterocycles. The van der Waals surface area contributed by atoms with E-state index in [9.17, 15) is 0 Å². The minimum absolute atomic E-state index is 0.0514. The Bertz CT molecular complexity index is 332. The van der Waals surface area contributed by atoms with Gasteiger partial charge in [-0.2, -0.15) is 0 Å². The van der Waals surface area contributed by atoms with Crippen molar-refractivity contribution in [3.8, 4) is 0 Å². The first-order valence-electron chi connectivity index (χ1n) is 8.45. The van der Waals surface area contributed by atoms with Crippen LogP contribution in [0.15, 0.2) is 0 Å². The number of nitrogens with zero attached hydrogens (tertiary/aromatic N) is 1. The third-order valence-electron chi connectivity index (χ3n) is 4.91. The van der Waals surface area contributed by atoms with Crippen molar-refractivity contribution in [2.75, 3.05) is 13.1 Å². The molecule has 1 aliphatic heterocycles. The Kier molecular flexibility index (Phi) is 4.30. The van der Waals surface area contributed by atoms with Crippen LogP contribution >= 0.6 is 0 Å². The molecule has 2 atom stereocenters. The van der Waals surface area contributed by atoms with Crippen LogP contribution in [0.2, 0.25) is 0 Å². The Labute approximate surface area is 126 Å². The molecule has 0 aromatic rings. The molecular weight excluding hydrogens is 246 g/mol. The van der Waals surface area contributed by atoms with E-state index >= 15 is 0 Å². The van der Waals surface area contributed by atoms with Crippen LogP contribution in [0.5, 0.6) is 0 Å². The highest BCUT2D eigenvalue weighted by molar-refractivity contribution is 5.06. The van der Waals surface area contributed by atoms with Gasteiger partial charge in [-0.3, -0.25) is 0 Å². The van der Waals surface area contributed by atoms with Crippen molar-refractivity contribution in [3.05, 3.63) is 0 Å². The summed E-state index contributed by atoms with van der Waals surface area (Å²) in [6, 6.07) is 0.766. The molecule has 0 N–H and O–H groups in total. The average Bonchev–Trinajstić information content (AvgIpc) is 2.92. The highest BCUT2D eigenvalue weighted by Crippen LogP contribution is 2.56. The molecule has 2 heteroatoms. The minimum Gasteiger partial charge on any atom is -0.371 e. The molecule has 0 aromatic heterocycles. The maximum atomic E-state index is 6.55. The van der Waals surface area contributed by atoms with Crippen LogP contribution in [0.4, 0.5) is 0 Å². The van der Waals surface area contributed by atoms with Gasteiger partial charge in [-0.1, -0.05) is 20.8 Å². The van der Waals surface area contributed by atoms with Crippen molar-refractivity contribution in [1.82, 2.24) is 4.90 Å². The molecule has 0 amide bonds. The van der Waals surface area contributed by atoms with E-state index in [4.69, 9.17) is 4.74 Å². The Hall–Kier alpha value is -0.0800. The summed E-state index contributed by atoms with van der Waals surface area (Å²) in [4.78, 5) is 2.71. The van der Waals surface area contributed by atoms with E-state index in [0.717, 1.165) is 6.04 Å². The van der Waals surface area contributed by atoms with Crippen molar-refractivity contribution >= 4 is 0 Å². The summed E-state index contributed by atoms with van der Waals surface area (Å²) in [5.74, 6) is 0. The second kappa shape index (κ2) is 5.28. The van der Waals surface area contributed by atoms with E-state index in [2.05, 4.69) is 53.4 Å². The molecule has 1 unspecified atom stereocenters. The molecule has 0 bridgehead atoms. The maximum Gasteiger partial charge on any atom is 0.0698 e. The van der Waals surface area contributed by atoms with Crippen LogP contribution in [0.1, 0.15) is 74.1 Å². The Morgan fingerprint density at radius 2 is 1.75 bits per heavy atom. The van der Waals surface area contributed by atoms with Crippen LogP contribution in [-0.4, -0.2) is 35.7 Å². The summed E-state index contributed by atoms with van der Waals surface area (Å²) in [6.45, 7) is 18.5. The van der Waals surface area contributed by atoms with E-state index in [1.165, 1.54) is 38.8 Å². The fraction of sp³-hybridized carbons (Fsp3) is 1.00. The first kappa shape index (κ1) is 16.3. The van der Waals surface area contributed by atoms with Crippen LogP contribution in [0, 0.1) is 10.8 Å². The second-order valence-corrected chi connectivity index (χ2v) is 9.30. The van der Waals surface area contributed by atoms with Crippen molar-refractivity contribution in [2.45, 2.75) is 91.9 Å². The summed E-state index contributed by atoms with van der Waals surface area (Å²) in [5, 5.41) is 0. The standard InChI is InChI=1S/C18H35NO/c1-14-9-8-12-19(14)13-18(10-11-18)15(16(2,3)4)20-17(5,6)7/h14-15H,8-13H2,1-7H3/t14-,15?/m1/s1. The largest absolute Gasteiger partial charge is 0.371 e. The lowest BCUT2D eigenvalue weighted by Gasteiger charge is -2.43. The van der Waals surface area contributed by atoms with Crippen molar-refractivity contribution in [3.63, 3.8) is 0 Å². The lowest BCUT2D eigenvalue weighted by Crippen LogP contribution is -2.48. The third-order valence-corrected chi connectivity index (χ3v) is 4.91. The fourth-order valence-electron chi connectivity index (χ4n) is 3.87. The Morgan fingerprint density at radius 3 is 2.10 bits per heavy atom. The quantitative estimate of drug-likeness (QED) is 0.753. The molecule has 2 aliphatic rings. The first-order valence-corrected chi connectivity index (χ1v) is 8.45. The van der Waals surface area contributed by atoms with E-state index in [-0.39, 0.29) is 11.0 Å².